The van der Waals surface area contributed by atoms with Crippen LogP contribution in [0.2, 0.25) is 0 Å². The molecule has 0 amide bonds. The predicted molar refractivity (Wildman–Crippen MR) is 35.3 cm³/mol. The van der Waals surface area contributed by atoms with E-state index in [9.17, 15) is 13.6 Å². The first kappa shape index (κ1) is 9.82. The highest BCUT2D eigenvalue weighted by Crippen LogP contribution is 2.37. The van der Waals surface area contributed by atoms with Crippen molar-refractivity contribution < 1.29 is 13.6 Å². The maximum Gasteiger partial charge on any atom is 0.324 e. The largest absolute Gasteiger partial charge is 0.324 e. The summed E-state index contributed by atoms with van der Waals surface area (Å²) in [6.07, 6.45) is 0. The zero-order valence-electron chi connectivity index (χ0n) is 6.04. The predicted octanol–water partition coefficient (Wildman–Crippen LogP) is 2.43. The summed E-state index contributed by atoms with van der Waals surface area (Å²) in [7, 11) is 0. The molecular formula is C6H9ClF2O. The molecule has 10 heavy (non-hydrogen) atoms. The van der Waals surface area contributed by atoms with Crippen molar-refractivity contribution in [2.45, 2.75) is 26.7 Å². The summed E-state index contributed by atoms with van der Waals surface area (Å²) in [4.78, 5) is 10.1. The van der Waals surface area contributed by atoms with Gasteiger partial charge in [-0.3, -0.25) is 4.79 Å². The van der Waals surface area contributed by atoms with Gasteiger partial charge in [0.25, 0.3) is 5.24 Å². The highest BCUT2D eigenvalue weighted by molar-refractivity contribution is 6.65. The summed E-state index contributed by atoms with van der Waals surface area (Å²) in [5, 5.41) is -1.60. The van der Waals surface area contributed by atoms with Gasteiger partial charge in [-0.1, -0.05) is 20.8 Å². The maximum atomic E-state index is 12.6. The van der Waals surface area contributed by atoms with Gasteiger partial charge in [0, 0.05) is 5.41 Å². The van der Waals surface area contributed by atoms with Gasteiger partial charge in [-0.05, 0) is 11.6 Å². The van der Waals surface area contributed by atoms with E-state index in [1.165, 1.54) is 20.8 Å². The second-order valence-electron chi connectivity index (χ2n) is 3.10. The van der Waals surface area contributed by atoms with E-state index in [-0.39, 0.29) is 0 Å². The molecule has 1 nitrogen and oxygen atoms in total. The van der Waals surface area contributed by atoms with Crippen LogP contribution in [0.25, 0.3) is 0 Å². The first-order valence-corrected chi connectivity index (χ1v) is 3.15. The Morgan fingerprint density at radius 3 is 1.60 bits per heavy atom. The van der Waals surface area contributed by atoms with Gasteiger partial charge in [-0.25, -0.2) is 0 Å². The van der Waals surface area contributed by atoms with Crippen molar-refractivity contribution in [2.75, 3.05) is 0 Å². The van der Waals surface area contributed by atoms with Crippen molar-refractivity contribution in [1.82, 2.24) is 0 Å². The van der Waals surface area contributed by atoms with Gasteiger partial charge in [-0.15, -0.1) is 0 Å². The lowest BCUT2D eigenvalue weighted by atomic mass is 9.89. The van der Waals surface area contributed by atoms with Crippen LogP contribution in [0.4, 0.5) is 8.78 Å². The van der Waals surface area contributed by atoms with E-state index >= 15 is 0 Å². The van der Waals surface area contributed by atoms with Crippen molar-refractivity contribution in [1.29, 1.82) is 0 Å². The molecule has 0 heterocycles. The smallest absolute Gasteiger partial charge is 0.274 e. The van der Waals surface area contributed by atoms with Gasteiger partial charge in [0.05, 0.1) is 0 Å². The molecule has 60 valence electrons. The van der Waals surface area contributed by atoms with Gasteiger partial charge >= 0.3 is 5.92 Å². The van der Waals surface area contributed by atoms with Crippen molar-refractivity contribution in [3.8, 4) is 0 Å². The number of carbonyl (C=O) groups excluding carboxylic acids is 1. The zero-order chi connectivity index (χ0) is 8.58. The third-order valence-corrected chi connectivity index (χ3v) is 1.43. The molecule has 0 unspecified atom stereocenters. The minimum atomic E-state index is -3.44. The van der Waals surface area contributed by atoms with E-state index in [1.807, 2.05) is 0 Å². The fourth-order valence-electron chi connectivity index (χ4n) is 0.295. The van der Waals surface area contributed by atoms with Crippen molar-refractivity contribution >= 4 is 16.8 Å². The van der Waals surface area contributed by atoms with Gasteiger partial charge in [-0.2, -0.15) is 8.78 Å². The molecule has 0 aromatic carbocycles. The van der Waals surface area contributed by atoms with E-state index in [2.05, 4.69) is 11.6 Å². The molecule has 0 aliphatic rings. The second-order valence-corrected chi connectivity index (χ2v) is 3.44. The average Bonchev–Trinajstić information content (AvgIpc) is 1.62. The highest BCUT2D eigenvalue weighted by atomic mass is 35.5. The molecule has 0 rings (SSSR count). The van der Waals surface area contributed by atoms with Crippen molar-refractivity contribution in [3.63, 3.8) is 0 Å². The Bertz CT molecular complexity index is 148. The summed E-state index contributed by atoms with van der Waals surface area (Å²) in [5.41, 5.74) is -1.40. The Morgan fingerprint density at radius 1 is 1.30 bits per heavy atom. The minimum Gasteiger partial charge on any atom is -0.274 e. The molecule has 0 atom stereocenters. The molecule has 0 aromatic rings. The lowest BCUT2D eigenvalue weighted by Gasteiger charge is -2.26. The Labute approximate surface area is 63.4 Å². The highest BCUT2D eigenvalue weighted by Gasteiger charge is 2.49. The molecule has 0 bridgehead atoms. The Balaban J connectivity index is 4.57. The summed E-state index contributed by atoms with van der Waals surface area (Å²) < 4.78 is 25.1. The van der Waals surface area contributed by atoms with Crippen LogP contribution in [-0.2, 0) is 4.79 Å². The molecule has 4 heteroatoms. The van der Waals surface area contributed by atoms with Crippen LogP contribution in [0, 0.1) is 5.41 Å². The van der Waals surface area contributed by atoms with Crippen LogP contribution in [0.15, 0.2) is 0 Å². The fourth-order valence-corrected chi connectivity index (χ4v) is 0.578. The number of hydrogen-bond donors (Lipinski definition) is 0. The topological polar surface area (TPSA) is 17.1 Å². The monoisotopic (exact) mass is 170 g/mol. The van der Waals surface area contributed by atoms with Crippen LogP contribution in [0.1, 0.15) is 20.8 Å². The summed E-state index contributed by atoms with van der Waals surface area (Å²) in [5.74, 6) is -3.44. The Hall–Kier alpha value is -0.180. The molecule has 0 fully saturated rings. The van der Waals surface area contributed by atoms with Gasteiger partial charge in [0.2, 0.25) is 0 Å². The van der Waals surface area contributed by atoms with Crippen LogP contribution < -0.4 is 0 Å². The molecule has 0 saturated heterocycles. The number of halogens is 3. The van der Waals surface area contributed by atoms with Crippen molar-refractivity contribution in [3.05, 3.63) is 0 Å². The van der Waals surface area contributed by atoms with E-state index in [0.717, 1.165) is 0 Å². The lowest BCUT2D eigenvalue weighted by molar-refractivity contribution is -0.150. The van der Waals surface area contributed by atoms with E-state index < -0.39 is 16.6 Å². The standard InChI is InChI=1S/C6H9ClF2O/c1-5(2,3)6(8,9)4(7)10/h1-3H3. The third-order valence-electron chi connectivity index (χ3n) is 1.19. The Kier molecular flexibility index (Phi) is 2.41. The van der Waals surface area contributed by atoms with Gasteiger partial charge in [0.15, 0.2) is 0 Å². The van der Waals surface area contributed by atoms with Crippen LogP contribution >= 0.6 is 11.6 Å². The quantitative estimate of drug-likeness (QED) is 0.553. The van der Waals surface area contributed by atoms with E-state index in [0.29, 0.717) is 0 Å². The number of carbonyl (C=O) groups is 1. The average molecular weight is 171 g/mol. The normalized spacial score (nSPS) is 13.4. The number of alkyl halides is 2. The molecule has 0 saturated carbocycles. The molecule has 0 aliphatic heterocycles. The number of hydrogen-bond acceptors (Lipinski definition) is 1. The van der Waals surface area contributed by atoms with Crippen molar-refractivity contribution in [2.24, 2.45) is 5.41 Å². The van der Waals surface area contributed by atoms with Gasteiger partial charge < -0.3 is 0 Å². The molecule has 0 aromatic heterocycles. The molecular weight excluding hydrogens is 162 g/mol. The summed E-state index contributed by atoms with van der Waals surface area (Å²) >= 11 is 4.67. The lowest BCUT2D eigenvalue weighted by Crippen LogP contribution is -2.39. The Morgan fingerprint density at radius 2 is 1.60 bits per heavy atom. The summed E-state index contributed by atoms with van der Waals surface area (Å²) in [6, 6.07) is 0. The van der Waals surface area contributed by atoms with Crippen LogP contribution in [0.3, 0.4) is 0 Å². The SMILES string of the molecule is CC(C)(C)C(F)(F)C(=O)Cl. The molecule has 0 aliphatic carbocycles. The molecule has 0 spiro atoms. The maximum absolute atomic E-state index is 12.6. The molecule has 0 N–H and O–H groups in total. The molecule has 0 radical (unpaired) electrons. The van der Waals surface area contributed by atoms with Crippen LogP contribution in [0.5, 0.6) is 0 Å². The zero-order valence-corrected chi connectivity index (χ0v) is 6.80. The number of rotatable bonds is 1. The first-order valence-electron chi connectivity index (χ1n) is 2.77. The summed E-state index contributed by atoms with van der Waals surface area (Å²) in [6.45, 7) is 3.77. The van der Waals surface area contributed by atoms with Crippen LogP contribution in [-0.4, -0.2) is 11.2 Å². The fraction of sp³-hybridized carbons (Fsp3) is 0.833. The van der Waals surface area contributed by atoms with E-state index in [4.69, 9.17) is 0 Å². The van der Waals surface area contributed by atoms with Gasteiger partial charge in [0.1, 0.15) is 0 Å². The third kappa shape index (κ3) is 1.66. The first-order chi connectivity index (χ1) is 4.19. The second kappa shape index (κ2) is 2.46. The minimum absolute atomic E-state index is 1.26. The van der Waals surface area contributed by atoms with E-state index in [1.54, 1.807) is 0 Å².